The Morgan fingerprint density at radius 1 is 1.06 bits per heavy atom. The van der Waals surface area contributed by atoms with Gasteiger partial charge >= 0.3 is 40.7 Å². The van der Waals surface area contributed by atoms with Crippen molar-refractivity contribution >= 4 is 25.5 Å². The second kappa shape index (κ2) is 4.13. The van der Waals surface area contributed by atoms with Crippen LogP contribution in [0.3, 0.4) is 0 Å². The van der Waals surface area contributed by atoms with Gasteiger partial charge in [-0.2, -0.15) is 0 Å². The average molecular weight is 339 g/mol. The third-order valence-corrected chi connectivity index (χ3v) is 1.18. The first kappa shape index (κ1) is 16.2. The van der Waals surface area contributed by atoms with Crippen LogP contribution in [0.1, 0.15) is 0 Å². The van der Waals surface area contributed by atoms with Gasteiger partial charge in [0, 0.05) is 24.3 Å². The van der Waals surface area contributed by atoms with Crippen LogP contribution >= 0.6 is 0 Å². The first-order chi connectivity index (χ1) is 7.69. The van der Waals surface area contributed by atoms with Gasteiger partial charge in [-0.25, -0.2) is 0 Å². The molecule has 0 saturated carbocycles. The van der Waals surface area contributed by atoms with Crippen LogP contribution in [0.2, 0.25) is 0 Å². The Kier molecular flexibility index (Phi) is 3.71. The van der Waals surface area contributed by atoms with Crippen LogP contribution in [-0.4, -0.2) is 19.1 Å². The van der Waals surface area contributed by atoms with Gasteiger partial charge in [-0.1, -0.05) is 0 Å². The Balaban J connectivity index is 0.000000360. The fraction of sp³-hybridized carbons (Fsp3) is 0. The summed E-state index contributed by atoms with van der Waals surface area (Å²) in [4.78, 5) is 12.4. The second-order valence-electron chi connectivity index (χ2n) is 2.83. The summed E-state index contributed by atoms with van der Waals surface area (Å²) < 4.78 is 59.4. The zero-order valence-corrected chi connectivity index (χ0v) is 10.1. The van der Waals surface area contributed by atoms with Gasteiger partial charge in [-0.05, 0) is 0 Å². The van der Waals surface area contributed by atoms with Gasteiger partial charge in [0.25, 0.3) is 5.69 Å². The summed E-state index contributed by atoms with van der Waals surface area (Å²) in [6, 6.07) is 5.26. The quantitative estimate of drug-likeness (QED) is 0.253. The van der Waals surface area contributed by atoms with Crippen molar-refractivity contribution in [2.75, 3.05) is 0 Å². The molecule has 0 unspecified atom stereocenters. The smallest absolute Gasteiger partial charge is 0.258 e. The summed E-state index contributed by atoms with van der Waals surface area (Å²) in [5.74, 6) is 0. The first-order valence-corrected chi connectivity index (χ1v) is 8.10. The van der Waals surface area contributed by atoms with Crippen LogP contribution in [0.5, 0.6) is 0 Å². The zero-order chi connectivity index (χ0) is 14.7. The van der Waals surface area contributed by atoms with Gasteiger partial charge in [0.05, 0.1) is 4.92 Å². The summed E-state index contributed by atoms with van der Waals surface area (Å²) in [6.45, 7) is 0. The van der Waals surface area contributed by atoms with Crippen LogP contribution < -0.4 is 0 Å². The Labute approximate surface area is 96.6 Å². The number of benzene rings is 1. The van der Waals surface area contributed by atoms with E-state index >= 15 is 0 Å². The molecular weight excluding hydrogens is 335 g/mol. The van der Waals surface area contributed by atoms with Crippen LogP contribution in [0, 0.1) is 15.5 Å². The van der Waals surface area contributed by atoms with E-state index in [9.17, 15) is 30.9 Å². The predicted octanol–water partition coefficient (Wildman–Crippen LogP) is 4.22. The molecule has 12 heteroatoms. The number of halogens is 6. The molecule has 1 aromatic carbocycles. The number of hydrogen-bond donors (Lipinski definition) is 0. The summed E-state index contributed by atoms with van der Waals surface area (Å²) in [5.41, 5.74) is 0.285. The van der Waals surface area contributed by atoms with E-state index in [4.69, 9.17) is 5.39 Å². The zero-order valence-electron chi connectivity index (χ0n) is 8.18. The van der Waals surface area contributed by atoms with E-state index in [1.165, 1.54) is 24.3 Å². The Hall–Kier alpha value is -1.82. The van der Waals surface area contributed by atoms with E-state index in [1.54, 1.807) is 0 Å². The minimum absolute atomic E-state index is 0.0163. The molecule has 0 aliphatic rings. The standard InChI is InChI=1S/C6H4N3O2.AsF6/c7-8-5-1-3-6(4-2-5)9(10)11;2-1(3,4,5,6)7/h1-4H;/q+1;-1. The fourth-order valence-corrected chi connectivity index (χ4v) is 0.641. The number of nitro groups is 1. The number of nitrogens with zero attached hydrogens (tertiary/aromatic N) is 3. The summed E-state index contributed by atoms with van der Waals surface area (Å²) in [5, 5.41) is 18.3. The van der Waals surface area contributed by atoms with Gasteiger partial charge in [0.15, 0.2) is 4.98 Å². The molecule has 5 nitrogen and oxygen atoms in total. The monoisotopic (exact) mass is 339 g/mol. The maximum atomic E-state index is 10.1. The largest absolute Gasteiger partial charge is 0.385 e. The van der Waals surface area contributed by atoms with Crippen molar-refractivity contribution in [1.29, 1.82) is 5.39 Å². The molecule has 0 atom stereocenters. The maximum absolute atomic E-state index is 11.1. The first-order valence-electron chi connectivity index (χ1n) is 3.85. The minimum Gasteiger partial charge on any atom is -0.258 e. The molecule has 0 N–H and O–H groups in total. The van der Waals surface area contributed by atoms with Gasteiger partial charge in [0.2, 0.25) is 5.39 Å². The average Bonchev–Trinajstić information content (AvgIpc) is 2.13. The number of non-ortho nitro benzene ring substituents is 1. The SMILES string of the molecule is F[As-](F)(F)(F)(F)F.N#[N+]c1ccc([N+](=O)[O-])cc1. The van der Waals surface area contributed by atoms with Crippen molar-refractivity contribution in [1.82, 2.24) is 0 Å². The van der Waals surface area contributed by atoms with E-state index in [-0.39, 0.29) is 5.69 Å². The summed E-state index contributed by atoms with van der Waals surface area (Å²) in [7, 11) is 0. The van der Waals surface area contributed by atoms with Gasteiger partial charge in [-0.15, -0.1) is 0 Å². The molecule has 0 aliphatic heterocycles. The van der Waals surface area contributed by atoms with Crippen LogP contribution in [-0.2, 0) is 0 Å². The molecule has 0 aliphatic carbocycles. The van der Waals surface area contributed by atoms with Crippen LogP contribution in [0.4, 0.5) is 32.2 Å². The van der Waals surface area contributed by atoms with Crippen LogP contribution in [0.25, 0.3) is 4.98 Å². The minimum atomic E-state index is -11.1. The van der Waals surface area contributed by atoms with Gasteiger partial charge < -0.3 is 0 Å². The molecular formula is C6H4AsF6N3O2. The molecule has 102 valence electrons. The number of rotatable bonds is 1. The van der Waals surface area contributed by atoms with E-state index < -0.39 is 19.1 Å². The van der Waals surface area contributed by atoms with Gasteiger partial charge in [-0.3, -0.25) is 10.1 Å². The molecule has 0 fully saturated rings. The second-order valence-corrected chi connectivity index (χ2v) is 6.85. The number of nitro benzene ring substituents is 1. The van der Waals surface area contributed by atoms with E-state index in [0.717, 1.165) is 0 Å². The molecule has 0 amide bonds. The van der Waals surface area contributed by atoms with Gasteiger partial charge in [0.1, 0.15) is 0 Å². The molecule has 0 heterocycles. The molecule has 0 saturated heterocycles. The molecule has 0 radical (unpaired) electrons. The van der Waals surface area contributed by atoms with Crippen LogP contribution in [0.15, 0.2) is 24.3 Å². The third-order valence-electron chi connectivity index (χ3n) is 1.18. The Morgan fingerprint density at radius 2 is 1.39 bits per heavy atom. The molecule has 0 spiro atoms. The molecule has 1 rings (SSSR count). The molecule has 0 aromatic heterocycles. The summed E-state index contributed by atoms with van der Waals surface area (Å²) >= 11 is -11.1. The van der Waals surface area contributed by atoms with Crippen molar-refractivity contribution in [3.63, 3.8) is 0 Å². The normalized spacial score (nSPS) is 14.3. The number of diazo groups is 1. The van der Waals surface area contributed by atoms with Crippen molar-refractivity contribution in [3.05, 3.63) is 39.4 Å². The van der Waals surface area contributed by atoms with E-state index in [2.05, 4.69) is 4.98 Å². The third kappa shape index (κ3) is 12.2. The van der Waals surface area contributed by atoms with E-state index in [1.807, 2.05) is 0 Å². The molecule has 1 aromatic rings. The molecule has 0 bridgehead atoms. The van der Waals surface area contributed by atoms with E-state index in [0.29, 0.717) is 5.69 Å². The van der Waals surface area contributed by atoms with Crippen molar-refractivity contribution in [2.24, 2.45) is 0 Å². The Morgan fingerprint density at radius 3 is 1.61 bits per heavy atom. The predicted molar refractivity (Wildman–Crippen MR) is 50.2 cm³/mol. The maximum Gasteiger partial charge on any atom is 0.385 e. The Bertz CT molecular complexity index is 479. The van der Waals surface area contributed by atoms with Crippen molar-refractivity contribution in [3.8, 4) is 0 Å². The van der Waals surface area contributed by atoms with Crippen molar-refractivity contribution in [2.45, 2.75) is 0 Å². The molecule has 18 heavy (non-hydrogen) atoms. The summed E-state index contributed by atoms with van der Waals surface area (Å²) in [6.07, 6.45) is 0. The van der Waals surface area contributed by atoms with Crippen molar-refractivity contribution < 1.29 is 25.7 Å². The number of hydrogen-bond acceptors (Lipinski definition) is 3. The topological polar surface area (TPSA) is 71.3 Å². The fourth-order valence-electron chi connectivity index (χ4n) is 0.641.